The highest BCUT2D eigenvalue weighted by atomic mass is 32.1. The molecule has 0 bridgehead atoms. The van der Waals surface area contributed by atoms with Crippen LogP contribution in [0, 0.1) is 0 Å². The summed E-state index contributed by atoms with van der Waals surface area (Å²) in [7, 11) is 0. The molecule has 0 aliphatic heterocycles. The number of nitrogens with zero attached hydrogens (tertiary/aromatic N) is 1. The second-order valence-corrected chi connectivity index (χ2v) is 5.57. The van der Waals surface area contributed by atoms with Crippen molar-refractivity contribution in [2.24, 2.45) is 5.73 Å². The van der Waals surface area contributed by atoms with Gasteiger partial charge in [-0.05, 0) is 26.7 Å². The molecule has 3 N–H and O–H groups in total. The predicted octanol–water partition coefficient (Wildman–Crippen LogP) is 1.46. The van der Waals surface area contributed by atoms with Crippen LogP contribution in [0.2, 0.25) is 0 Å². The van der Waals surface area contributed by atoms with E-state index < -0.39 is 0 Å². The first-order valence-corrected chi connectivity index (χ1v) is 5.84. The maximum absolute atomic E-state index is 6.03. The molecule has 0 amide bonds. The van der Waals surface area contributed by atoms with Gasteiger partial charge < -0.3 is 11.1 Å². The van der Waals surface area contributed by atoms with E-state index in [1.807, 2.05) is 11.6 Å². The summed E-state index contributed by atoms with van der Waals surface area (Å²) in [5.74, 6) is 0. The van der Waals surface area contributed by atoms with E-state index in [-0.39, 0.29) is 11.1 Å². The van der Waals surface area contributed by atoms with E-state index in [1.54, 1.807) is 11.3 Å². The Hall–Kier alpha value is -0.450. The lowest BCUT2D eigenvalue weighted by molar-refractivity contribution is 0.378. The molecule has 0 aromatic carbocycles. The minimum absolute atomic E-state index is 0.0525. The van der Waals surface area contributed by atoms with E-state index in [4.69, 9.17) is 5.73 Å². The van der Waals surface area contributed by atoms with Crippen molar-refractivity contribution >= 4 is 11.3 Å². The van der Waals surface area contributed by atoms with Crippen molar-refractivity contribution in [1.29, 1.82) is 0 Å². The normalized spacial score (nSPS) is 19.6. The molecule has 1 aliphatic rings. The summed E-state index contributed by atoms with van der Waals surface area (Å²) in [5.41, 5.74) is 6.04. The van der Waals surface area contributed by atoms with Gasteiger partial charge in [-0.25, -0.2) is 4.98 Å². The lowest BCUT2D eigenvalue weighted by atomic mass is 10.1. The molecule has 1 heterocycles. The maximum atomic E-state index is 6.03. The quantitative estimate of drug-likeness (QED) is 0.792. The molecule has 1 saturated carbocycles. The Morgan fingerprint density at radius 1 is 1.64 bits per heavy atom. The SMILES string of the molecule is CC(C)(NCC1(N)CC1)c1nccs1. The van der Waals surface area contributed by atoms with Crippen molar-refractivity contribution in [2.45, 2.75) is 37.8 Å². The van der Waals surface area contributed by atoms with Gasteiger partial charge in [-0.2, -0.15) is 0 Å². The van der Waals surface area contributed by atoms with Crippen LogP contribution in [0.3, 0.4) is 0 Å². The van der Waals surface area contributed by atoms with Crippen molar-refractivity contribution in [3.8, 4) is 0 Å². The summed E-state index contributed by atoms with van der Waals surface area (Å²) in [5, 5.41) is 6.62. The third-order valence-electron chi connectivity index (χ3n) is 2.74. The van der Waals surface area contributed by atoms with E-state index in [9.17, 15) is 0 Å². The molecule has 2 rings (SSSR count). The highest BCUT2D eigenvalue weighted by molar-refractivity contribution is 7.09. The van der Waals surface area contributed by atoms with Gasteiger partial charge in [0.1, 0.15) is 5.01 Å². The second kappa shape index (κ2) is 3.29. The average Bonchev–Trinajstić information content (AvgIpc) is 2.70. The molecule has 1 aliphatic carbocycles. The second-order valence-electron chi connectivity index (χ2n) is 4.68. The topological polar surface area (TPSA) is 50.9 Å². The van der Waals surface area contributed by atoms with E-state index in [1.165, 1.54) is 0 Å². The molecule has 0 saturated heterocycles. The highest BCUT2D eigenvalue weighted by Crippen LogP contribution is 2.32. The van der Waals surface area contributed by atoms with Crippen LogP contribution in [0.25, 0.3) is 0 Å². The lowest BCUT2D eigenvalue weighted by Crippen LogP contribution is -2.45. The molecule has 0 spiro atoms. The predicted molar refractivity (Wildman–Crippen MR) is 59.3 cm³/mol. The zero-order chi connectivity index (χ0) is 10.2. The first-order chi connectivity index (χ1) is 6.52. The van der Waals surface area contributed by atoms with Crippen LogP contribution in [-0.2, 0) is 5.54 Å². The molecule has 1 aromatic heterocycles. The van der Waals surface area contributed by atoms with Gasteiger partial charge in [0.25, 0.3) is 0 Å². The van der Waals surface area contributed by atoms with Gasteiger partial charge in [-0.3, -0.25) is 0 Å². The van der Waals surface area contributed by atoms with Crippen LogP contribution in [0.1, 0.15) is 31.7 Å². The van der Waals surface area contributed by atoms with Gasteiger partial charge in [0.05, 0.1) is 5.54 Å². The molecule has 14 heavy (non-hydrogen) atoms. The fourth-order valence-corrected chi connectivity index (χ4v) is 2.08. The molecule has 4 heteroatoms. The Morgan fingerprint density at radius 2 is 2.36 bits per heavy atom. The number of hydrogen-bond acceptors (Lipinski definition) is 4. The minimum atomic E-state index is -0.0525. The van der Waals surface area contributed by atoms with Crippen LogP contribution >= 0.6 is 11.3 Å². The zero-order valence-electron chi connectivity index (χ0n) is 8.71. The molecular formula is C10H17N3S. The Morgan fingerprint density at radius 3 is 2.86 bits per heavy atom. The summed E-state index contributed by atoms with van der Waals surface area (Å²) < 4.78 is 0. The summed E-state index contributed by atoms with van der Waals surface area (Å²) in [6.07, 6.45) is 4.14. The standard InChI is InChI=1S/C10H17N3S/c1-9(2,8-12-5-6-14-8)13-7-10(11)3-4-10/h5-6,13H,3-4,7,11H2,1-2H3. The number of rotatable bonds is 4. The number of hydrogen-bond donors (Lipinski definition) is 2. The van der Waals surface area contributed by atoms with Gasteiger partial charge in [0.15, 0.2) is 0 Å². The van der Waals surface area contributed by atoms with E-state index in [0.717, 1.165) is 24.4 Å². The van der Waals surface area contributed by atoms with Crippen molar-refractivity contribution < 1.29 is 0 Å². The monoisotopic (exact) mass is 211 g/mol. The number of nitrogens with one attached hydrogen (secondary N) is 1. The Balaban J connectivity index is 1.95. The largest absolute Gasteiger partial charge is 0.324 e. The van der Waals surface area contributed by atoms with Gasteiger partial charge in [0, 0.05) is 23.7 Å². The van der Waals surface area contributed by atoms with Crippen molar-refractivity contribution in [2.75, 3.05) is 6.54 Å². The Kier molecular flexibility index (Phi) is 2.37. The minimum Gasteiger partial charge on any atom is -0.324 e. The maximum Gasteiger partial charge on any atom is 0.112 e. The van der Waals surface area contributed by atoms with Crippen molar-refractivity contribution in [1.82, 2.24) is 10.3 Å². The fourth-order valence-electron chi connectivity index (χ4n) is 1.34. The Labute approximate surface area is 88.7 Å². The van der Waals surface area contributed by atoms with Gasteiger partial charge in [0.2, 0.25) is 0 Å². The van der Waals surface area contributed by atoms with Crippen molar-refractivity contribution in [3.63, 3.8) is 0 Å². The van der Waals surface area contributed by atoms with Crippen LogP contribution in [0.5, 0.6) is 0 Å². The van der Waals surface area contributed by atoms with Crippen LogP contribution < -0.4 is 11.1 Å². The van der Waals surface area contributed by atoms with E-state index in [0.29, 0.717) is 0 Å². The first-order valence-electron chi connectivity index (χ1n) is 4.96. The smallest absolute Gasteiger partial charge is 0.112 e. The molecule has 1 aromatic rings. The third kappa shape index (κ3) is 2.13. The molecular weight excluding hydrogens is 194 g/mol. The third-order valence-corrected chi connectivity index (χ3v) is 3.84. The summed E-state index contributed by atoms with van der Waals surface area (Å²) in [6.45, 7) is 5.19. The molecule has 0 unspecified atom stereocenters. The number of thiazole rings is 1. The summed E-state index contributed by atoms with van der Waals surface area (Å²) in [6, 6.07) is 0. The van der Waals surface area contributed by atoms with E-state index >= 15 is 0 Å². The zero-order valence-corrected chi connectivity index (χ0v) is 9.53. The fraction of sp³-hybridized carbons (Fsp3) is 0.700. The Bertz CT molecular complexity index is 301. The first kappa shape index (κ1) is 10.1. The van der Waals surface area contributed by atoms with Gasteiger partial charge >= 0.3 is 0 Å². The van der Waals surface area contributed by atoms with Crippen LogP contribution in [0.4, 0.5) is 0 Å². The summed E-state index contributed by atoms with van der Waals surface area (Å²) in [4.78, 5) is 4.32. The van der Waals surface area contributed by atoms with Crippen molar-refractivity contribution in [3.05, 3.63) is 16.6 Å². The number of nitrogens with two attached hydrogens (primary N) is 1. The highest BCUT2D eigenvalue weighted by Gasteiger charge is 2.39. The van der Waals surface area contributed by atoms with Gasteiger partial charge in [-0.1, -0.05) is 0 Å². The molecule has 0 atom stereocenters. The summed E-state index contributed by atoms with van der Waals surface area (Å²) >= 11 is 1.69. The average molecular weight is 211 g/mol. The van der Waals surface area contributed by atoms with Crippen LogP contribution in [0.15, 0.2) is 11.6 Å². The lowest BCUT2D eigenvalue weighted by Gasteiger charge is -2.25. The van der Waals surface area contributed by atoms with E-state index in [2.05, 4.69) is 24.1 Å². The number of aromatic nitrogens is 1. The molecule has 3 nitrogen and oxygen atoms in total. The molecule has 78 valence electrons. The van der Waals surface area contributed by atoms with Crippen LogP contribution in [-0.4, -0.2) is 17.1 Å². The molecule has 0 radical (unpaired) electrons. The van der Waals surface area contributed by atoms with Gasteiger partial charge in [-0.15, -0.1) is 11.3 Å². The molecule has 1 fully saturated rings.